The lowest BCUT2D eigenvalue weighted by atomic mass is 9.88. The van der Waals surface area contributed by atoms with E-state index in [1.807, 2.05) is 36.4 Å². The summed E-state index contributed by atoms with van der Waals surface area (Å²) in [5.41, 5.74) is 3.45. The minimum atomic E-state index is -0.0947. The molecule has 0 bridgehead atoms. The first-order valence-corrected chi connectivity index (χ1v) is 9.46. The van der Waals surface area contributed by atoms with Crippen molar-refractivity contribution in [3.05, 3.63) is 108 Å². The lowest BCUT2D eigenvalue weighted by Crippen LogP contribution is -2.23. The minimum absolute atomic E-state index is 0.0947. The summed E-state index contributed by atoms with van der Waals surface area (Å²) < 4.78 is 5.20. The fourth-order valence-electron chi connectivity index (χ4n) is 3.21. The summed E-state index contributed by atoms with van der Waals surface area (Å²) in [6, 6.07) is 28.5. The lowest BCUT2D eigenvalue weighted by molar-refractivity contribution is -0.116. The molecule has 3 rings (SSSR count). The van der Waals surface area contributed by atoms with Gasteiger partial charge in [-0.3, -0.25) is 4.79 Å². The quantitative estimate of drug-likeness (QED) is 0.563. The predicted octanol–water partition coefficient (Wildman–Crippen LogP) is 5.05. The van der Waals surface area contributed by atoms with Crippen molar-refractivity contribution in [3.63, 3.8) is 0 Å². The number of amides is 1. The largest absolute Gasteiger partial charge is 0.497 e. The Balaban J connectivity index is 1.59. The van der Waals surface area contributed by atoms with E-state index in [1.165, 1.54) is 11.1 Å². The summed E-state index contributed by atoms with van der Waals surface area (Å²) in [5, 5.41) is 2.99. The molecule has 3 aromatic rings. The first kappa shape index (κ1) is 19.4. The molecule has 0 aliphatic rings. The summed E-state index contributed by atoms with van der Waals surface area (Å²) in [4.78, 5) is 12.2. The molecule has 142 valence electrons. The number of nitrogens with one attached hydrogen (secondary N) is 1. The van der Waals surface area contributed by atoms with Crippen molar-refractivity contribution in [1.82, 2.24) is 5.32 Å². The van der Waals surface area contributed by atoms with Crippen molar-refractivity contribution in [1.29, 1.82) is 0 Å². The van der Waals surface area contributed by atoms with Crippen LogP contribution in [0.1, 0.15) is 29.0 Å². The Hall–Kier alpha value is -3.33. The van der Waals surface area contributed by atoms with Gasteiger partial charge in [0.2, 0.25) is 5.91 Å². The number of hydrogen-bond donors (Lipinski definition) is 1. The van der Waals surface area contributed by atoms with E-state index in [-0.39, 0.29) is 11.8 Å². The van der Waals surface area contributed by atoms with Crippen LogP contribution in [0.3, 0.4) is 0 Å². The zero-order chi connectivity index (χ0) is 19.6. The summed E-state index contributed by atoms with van der Waals surface area (Å²) in [5.74, 6) is 0.934. The number of ether oxygens (including phenoxy) is 1. The Labute approximate surface area is 166 Å². The summed E-state index contributed by atoms with van der Waals surface area (Å²) in [6.07, 6.45) is 4.20. The highest BCUT2D eigenvalue weighted by Crippen LogP contribution is 2.27. The number of carbonyl (C=O) groups is 1. The monoisotopic (exact) mass is 371 g/mol. The molecule has 0 unspecified atom stereocenters. The standard InChI is InChI=1S/C25H25NO2/c1-28-23-14-8-9-20(19-23)15-16-25(27)26-18-17-24(21-10-4-2-5-11-21)22-12-6-3-7-13-22/h2-16,19,24H,17-18H2,1H3,(H,26,27)/b16-15+. The van der Waals surface area contributed by atoms with Gasteiger partial charge < -0.3 is 10.1 Å². The second-order valence-electron chi connectivity index (χ2n) is 6.56. The van der Waals surface area contributed by atoms with E-state index >= 15 is 0 Å². The second-order valence-corrected chi connectivity index (χ2v) is 6.56. The third-order valence-electron chi connectivity index (χ3n) is 4.66. The summed E-state index contributed by atoms with van der Waals surface area (Å²) in [6.45, 7) is 0.607. The maximum atomic E-state index is 12.2. The van der Waals surface area contributed by atoms with Crippen LogP contribution in [0.2, 0.25) is 0 Å². The zero-order valence-electron chi connectivity index (χ0n) is 16.0. The topological polar surface area (TPSA) is 38.3 Å². The van der Waals surface area contributed by atoms with Crippen molar-refractivity contribution in [2.24, 2.45) is 0 Å². The Morgan fingerprint density at radius 2 is 1.57 bits per heavy atom. The van der Waals surface area contributed by atoms with Crippen molar-refractivity contribution < 1.29 is 9.53 Å². The second kappa shape index (κ2) is 10.1. The number of carbonyl (C=O) groups excluding carboxylic acids is 1. The average Bonchev–Trinajstić information content (AvgIpc) is 2.76. The lowest BCUT2D eigenvalue weighted by Gasteiger charge is -2.18. The molecule has 0 radical (unpaired) electrons. The molecule has 0 saturated carbocycles. The van der Waals surface area contributed by atoms with Gasteiger partial charge in [-0.1, -0.05) is 72.8 Å². The fourth-order valence-corrected chi connectivity index (χ4v) is 3.21. The fraction of sp³-hybridized carbons (Fsp3) is 0.160. The van der Waals surface area contributed by atoms with Crippen LogP contribution in [-0.2, 0) is 4.79 Å². The Kier molecular flexibility index (Phi) is 7.02. The highest BCUT2D eigenvalue weighted by molar-refractivity contribution is 5.91. The van der Waals surface area contributed by atoms with E-state index in [1.54, 1.807) is 19.3 Å². The minimum Gasteiger partial charge on any atom is -0.497 e. The number of methoxy groups -OCH3 is 1. The Morgan fingerprint density at radius 3 is 2.18 bits per heavy atom. The maximum absolute atomic E-state index is 12.2. The highest BCUT2D eigenvalue weighted by atomic mass is 16.5. The van der Waals surface area contributed by atoms with Gasteiger partial charge in [0.25, 0.3) is 0 Å². The van der Waals surface area contributed by atoms with E-state index in [2.05, 4.69) is 53.8 Å². The molecule has 0 spiro atoms. The molecule has 1 amide bonds. The molecule has 0 aromatic heterocycles. The third kappa shape index (κ3) is 5.58. The van der Waals surface area contributed by atoms with Gasteiger partial charge in [-0.15, -0.1) is 0 Å². The van der Waals surface area contributed by atoms with Gasteiger partial charge in [-0.25, -0.2) is 0 Å². The molecule has 0 saturated heterocycles. The van der Waals surface area contributed by atoms with Gasteiger partial charge in [0.05, 0.1) is 7.11 Å². The molecule has 0 atom stereocenters. The Bertz CT molecular complexity index is 865. The van der Waals surface area contributed by atoms with Gasteiger partial charge in [0, 0.05) is 18.5 Å². The summed E-state index contributed by atoms with van der Waals surface area (Å²) >= 11 is 0. The van der Waals surface area contributed by atoms with Gasteiger partial charge in [0.15, 0.2) is 0 Å². The first-order chi connectivity index (χ1) is 13.8. The molecular formula is C25H25NO2. The van der Waals surface area contributed by atoms with Crippen LogP contribution in [0.5, 0.6) is 5.75 Å². The smallest absolute Gasteiger partial charge is 0.243 e. The molecule has 28 heavy (non-hydrogen) atoms. The molecule has 0 aliphatic heterocycles. The van der Waals surface area contributed by atoms with E-state index in [9.17, 15) is 4.79 Å². The van der Waals surface area contributed by atoms with Gasteiger partial charge >= 0.3 is 0 Å². The zero-order valence-corrected chi connectivity index (χ0v) is 16.0. The number of hydrogen-bond acceptors (Lipinski definition) is 2. The van der Waals surface area contributed by atoms with Gasteiger partial charge in [-0.2, -0.15) is 0 Å². The van der Waals surface area contributed by atoms with Crippen LogP contribution in [0.15, 0.2) is 91.0 Å². The van der Waals surface area contributed by atoms with Crippen LogP contribution < -0.4 is 10.1 Å². The first-order valence-electron chi connectivity index (χ1n) is 9.46. The van der Waals surface area contributed by atoms with E-state index in [0.717, 1.165) is 17.7 Å². The Morgan fingerprint density at radius 1 is 0.929 bits per heavy atom. The van der Waals surface area contributed by atoms with Gasteiger partial charge in [-0.05, 0) is 41.3 Å². The van der Waals surface area contributed by atoms with Crippen molar-refractivity contribution in [2.75, 3.05) is 13.7 Å². The van der Waals surface area contributed by atoms with Crippen LogP contribution in [-0.4, -0.2) is 19.6 Å². The highest BCUT2D eigenvalue weighted by Gasteiger charge is 2.13. The molecule has 0 aliphatic carbocycles. The average molecular weight is 371 g/mol. The molecule has 3 nitrogen and oxygen atoms in total. The van der Waals surface area contributed by atoms with Crippen LogP contribution in [0.25, 0.3) is 6.08 Å². The molecule has 0 fully saturated rings. The van der Waals surface area contributed by atoms with E-state index in [4.69, 9.17) is 4.74 Å². The van der Waals surface area contributed by atoms with Crippen molar-refractivity contribution in [2.45, 2.75) is 12.3 Å². The number of benzene rings is 3. The van der Waals surface area contributed by atoms with Crippen molar-refractivity contribution >= 4 is 12.0 Å². The predicted molar refractivity (Wildman–Crippen MR) is 114 cm³/mol. The molecular weight excluding hydrogens is 346 g/mol. The van der Waals surface area contributed by atoms with Crippen LogP contribution in [0.4, 0.5) is 0 Å². The van der Waals surface area contributed by atoms with Crippen LogP contribution >= 0.6 is 0 Å². The SMILES string of the molecule is COc1cccc(/C=C/C(=O)NCCC(c2ccccc2)c2ccccc2)c1. The number of rotatable bonds is 8. The summed E-state index contributed by atoms with van der Waals surface area (Å²) in [7, 11) is 1.63. The van der Waals surface area contributed by atoms with Crippen molar-refractivity contribution in [3.8, 4) is 5.75 Å². The maximum Gasteiger partial charge on any atom is 0.243 e. The third-order valence-corrected chi connectivity index (χ3v) is 4.66. The van der Waals surface area contributed by atoms with E-state index < -0.39 is 0 Å². The van der Waals surface area contributed by atoms with Crippen LogP contribution in [0, 0.1) is 0 Å². The molecule has 0 heterocycles. The molecule has 3 aromatic carbocycles. The van der Waals surface area contributed by atoms with Gasteiger partial charge in [0.1, 0.15) is 5.75 Å². The molecule has 1 N–H and O–H groups in total. The van der Waals surface area contributed by atoms with E-state index in [0.29, 0.717) is 6.54 Å². The molecule has 3 heteroatoms. The normalized spacial score (nSPS) is 10.9.